The van der Waals surface area contributed by atoms with E-state index in [0.29, 0.717) is 6.04 Å². The number of carbonyl (C=O) groups excluding carboxylic acids is 1. The van der Waals surface area contributed by atoms with Crippen molar-refractivity contribution in [1.82, 2.24) is 10.2 Å². The summed E-state index contributed by atoms with van der Waals surface area (Å²) in [6, 6.07) is 0.980. The minimum atomic E-state index is -0.571. The van der Waals surface area contributed by atoms with E-state index in [-0.39, 0.29) is 11.9 Å². The first-order valence-electron chi connectivity index (χ1n) is 8.06. The van der Waals surface area contributed by atoms with Gasteiger partial charge in [0.2, 0.25) is 5.91 Å². The standard InChI is InChI=1S/C16H33N3O/c1-12(2)18-16(5,15(17)20)8-6-7-9-19-11-13(3)10-14(19)4/h12-14,18H,6-11H2,1-5H3,(H2,17,20). The first-order chi connectivity index (χ1) is 9.24. The van der Waals surface area contributed by atoms with Crippen LogP contribution in [0.4, 0.5) is 0 Å². The van der Waals surface area contributed by atoms with E-state index in [4.69, 9.17) is 5.73 Å². The normalized spacial score (nSPS) is 26.9. The molecular formula is C16H33N3O. The van der Waals surface area contributed by atoms with E-state index in [0.717, 1.165) is 31.7 Å². The van der Waals surface area contributed by atoms with Crippen LogP contribution < -0.4 is 11.1 Å². The van der Waals surface area contributed by atoms with E-state index in [9.17, 15) is 4.79 Å². The molecule has 1 rings (SSSR count). The van der Waals surface area contributed by atoms with Crippen LogP contribution in [0.5, 0.6) is 0 Å². The lowest BCUT2D eigenvalue weighted by Gasteiger charge is -2.30. The summed E-state index contributed by atoms with van der Waals surface area (Å²) < 4.78 is 0. The molecule has 20 heavy (non-hydrogen) atoms. The number of likely N-dealkylation sites (tertiary alicyclic amines) is 1. The number of primary amides is 1. The largest absolute Gasteiger partial charge is 0.368 e. The molecule has 3 atom stereocenters. The van der Waals surface area contributed by atoms with Crippen LogP contribution in [0, 0.1) is 5.92 Å². The number of hydrogen-bond acceptors (Lipinski definition) is 3. The quantitative estimate of drug-likeness (QED) is 0.671. The van der Waals surface area contributed by atoms with Crippen LogP contribution in [-0.4, -0.2) is 41.5 Å². The van der Waals surface area contributed by atoms with Gasteiger partial charge in [-0.05, 0) is 65.8 Å². The SMILES string of the molecule is CC1CC(C)N(CCCCC(C)(NC(C)C)C(N)=O)C1. The first-order valence-corrected chi connectivity index (χ1v) is 8.06. The van der Waals surface area contributed by atoms with E-state index < -0.39 is 5.54 Å². The third-order valence-corrected chi connectivity index (χ3v) is 4.44. The Morgan fingerprint density at radius 2 is 2.05 bits per heavy atom. The number of carbonyl (C=O) groups is 1. The predicted octanol–water partition coefficient (Wildman–Crippen LogP) is 2.13. The zero-order valence-corrected chi connectivity index (χ0v) is 13.9. The molecule has 4 heteroatoms. The topological polar surface area (TPSA) is 58.4 Å². The Hall–Kier alpha value is -0.610. The second-order valence-corrected chi connectivity index (χ2v) is 7.14. The van der Waals surface area contributed by atoms with Gasteiger partial charge >= 0.3 is 0 Å². The van der Waals surface area contributed by atoms with Gasteiger partial charge in [0.25, 0.3) is 0 Å². The number of unbranched alkanes of at least 4 members (excludes halogenated alkanes) is 1. The molecule has 0 bridgehead atoms. The molecule has 0 aromatic heterocycles. The van der Waals surface area contributed by atoms with Crippen molar-refractivity contribution in [2.75, 3.05) is 13.1 Å². The summed E-state index contributed by atoms with van der Waals surface area (Å²) in [6.07, 6.45) is 4.31. The highest BCUT2D eigenvalue weighted by molar-refractivity contribution is 5.84. The summed E-state index contributed by atoms with van der Waals surface area (Å²) in [6.45, 7) is 13.0. The predicted molar refractivity (Wildman–Crippen MR) is 84.5 cm³/mol. The fourth-order valence-corrected chi connectivity index (χ4v) is 3.39. The van der Waals surface area contributed by atoms with Crippen molar-refractivity contribution in [3.8, 4) is 0 Å². The Labute approximate surface area is 124 Å². The van der Waals surface area contributed by atoms with Crippen LogP contribution in [-0.2, 0) is 4.79 Å². The molecule has 1 aliphatic heterocycles. The van der Waals surface area contributed by atoms with E-state index >= 15 is 0 Å². The molecule has 1 heterocycles. The average Bonchev–Trinajstić information content (AvgIpc) is 2.62. The van der Waals surface area contributed by atoms with Gasteiger partial charge in [0.05, 0.1) is 5.54 Å². The van der Waals surface area contributed by atoms with Gasteiger partial charge in [-0.2, -0.15) is 0 Å². The second-order valence-electron chi connectivity index (χ2n) is 7.14. The van der Waals surface area contributed by atoms with E-state index in [1.807, 2.05) is 6.92 Å². The van der Waals surface area contributed by atoms with Gasteiger partial charge in [-0.1, -0.05) is 6.92 Å². The molecular weight excluding hydrogens is 250 g/mol. The molecule has 1 saturated heterocycles. The highest BCUT2D eigenvalue weighted by atomic mass is 16.1. The molecule has 1 aliphatic rings. The monoisotopic (exact) mass is 283 g/mol. The maximum absolute atomic E-state index is 11.7. The summed E-state index contributed by atoms with van der Waals surface area (Å²) in [4.78, 5) is 14.2. The summed E-state index contributed by atoms with van der Waals surface area (Å²) >= 11 is 0. The maximum atomic E-state index is 11.7. The molecule has 0 aliphatic carbocycles. The van der Waals surface area contributed by atoms with Crippen LogP contribution in [0.3, 0.4) is 0 Å². The molecule has 118 valence electrons. The van der Waals surface area contributed by atoms with Gasteiger partial charge in [0.15, 0.2) is 0 Å². The molecule has 0 aromatic carbocycles. The first kappa shape index (κ1) is 17.4. The number of hydrogen-bond donors (Lipinski definition) is 2. The lowest BCUT2D eigenvalue weighted by Crippen LogP contribution is -2.55. The van der Waals surface area contributed by atoms with Crippen molar-refractivity contribution in [1.29, 1.82) is 0 Å². The molecule has 3 N–H and O–H groups in total. The van der Waals surface area contributed by atoms with Crippen molar-refractivity contribution in [3.63, 3.8) is 0 Å². The van der Waals surface area contributed by atoms with Crippen LogP contribution >= 0.6 is 0 Å². The molecule has 1 amide bonds. The minimum Gasteiger partial charge on any atom is -0.368 e. The van der Waals surface area contributed by atoms with Crippen molar-refractivity contribution in [2.24, 2.45) is 11.7 Å². The fraction of sp³-hybridized carbons (Fsp3) is 0.938. The number of nitrogens with two attached hydrogens (primary N) is 1. The molecule has 0 spiro atoms. The third kappa shape index (κ3) is 5.06. The van der Waals surface area contributed by atoms with Gasteiger partial charge in [0, 0.05) is 18.6 Å². The van der Waals surface area contributed by atoms with Gasteiger partial charge in [-0.3, -0.25) is 4.79 Å². The van der Waals surface area contributed by atoms with E-state index in [2.05, 4.69) is 37.9 Å². The summed E-state index contributed by atoms with van der Waals surface area (Å²) in [5.41, 5.74) is 4.98. The van der Waals surface area contributed by atoms with Gasteiger partial charge in [0.1, 0.15) is 0 Å². The summed E-state index contributed by atoms with van der Waals surface area (Å²) in [5.74, 6) is 0.581. The Bertz CT molecular complexity index is 319. The zero-order chi connectivity index (χ0) is 15.3. The third-order valence-electron chi connectivity index (χ3n) is 4.44. The summed E-state index contributed by atoms with van der Waals surface area (Å²) in [5, 5.41) is 3.31. The van der Waals surface area contributed by atoms with Gasteiger partial charge < -0.3 is 16.0 Å². The van der Waals surface area contributed by atoms with Crippen LogP contribution in [0.15, 0.2) is 0 Å². The Morgan fingerprint density at radius 3 is 2.50 bits per heavy atom. The van der Waals surface area contributed by atoms with Crippen molar-refractivity contribution in [2.45, 2.75) is 77.9 Å². The van der Waals surface area contributed by atoms with E-state index in [1.54, 1.807) is 0 Å². The summed E-state index contributed by atoms with van der Waals surface area (Å²) in [7, 11) is 0. The number of nitrogens with zero attached hydrogens (tertiary/aromatic N) is 1. The van der Waals surface area contributed by atoms with Crippen LogP contribution in [0.1, 0.15) is 60.3 Å². The Morgan fingerprint density at radius 1 is 1.40 bits per heavy atom. The number of rotatable bonds is 8. The zero-order valence-electron chi connectivity index (χ0n) is 13.9. The van der Waals surface area contributed by atoms with Gasteiger partial charge in [-0.15, -0.1) is 0 Å². The molecule has 0 aromatic rings. The van der Waals surface area contributed by atoms with Crippen molar-refractivity contribution in [3.05, 3.63) is 0 Å². The molecule has 0 saturated carbocycles. The smallest absolute Gasteiger partial charge is 0.237 e. The Balaban J connectivity index is 2.32. The van der Waals surface area contributed by atoms with Crippen LogP contribution in [0.2, 0.25) is 0 Å². The second kappa shape index (κ2) is 7.41. The fourth-order valence-electron chi connectivity index (χ4n) is 3.39. The van der Waals surface area contributed by atoms with Gasteiger partial charge in [-0.25, -0.2) is 0 Å². The lowest BCUT2D eigenvalue weighted by molar-refractivity contribution is -0.124. The van der Waals surface area contributed by atoms with Crippen molar-refractivity contribution < 1.29 is 4.79 Å². The van der Waals surface area contributed by atoms with Crippen LogP contribution in [0.25, 0.3) is 0 Å². The number of nitrogens with one attached hydrogen (secondary N) is 1. The highest BCUT2D eigenvalue weighted by Gasteiger charge is 2.31. The van der Waals surface area contributed by atoms with Crippen molar-refractivity contribution >= 4 is 5.91 Å². The molecule has 0 radical (unpaired) electrons. The average molecular weight is 283 g/mol. The lowest BCUT2D eigenvalue weighted by atomic mass is 9.93. The highest BCUT2D eigenvalue weighted by Crippen LogP contribution is 2.23. The number of amides is 1. The van der Waals surface area contributed by atoms with E-state index in [1.165, 1.54) is 13.0 Å². The maximum Gasteiger partial charge on any atom is 0.237 e. The molecule has 1 fully saturated rings. The molecule has 4 nitrogen and oxygen atoms in total. The molecule has 3 unspecified atom stereocenters. The Kier molecular flexibility index (Phi) is 6.46. The minimum absolute atomic E-state index is 0.241.